The standard InChI is InChI=1S/C18H29N3O/c1-3-15-6-5-7-17(12-15)20-18(22)14-21-10-8-16(9-11-21)13-19-4-2/h5-7,12,16,19H,3-4,8-11,13-14H2,1-2H3,(H,20,22). The molecule has 1 fully saturated rings. The lowest BCUT2D eigenvalue weighted by Crippen LogP contribution is -2.41. The average Bonchev–Trinajstić information content (AvgIpc) is 2.54. The Hall–Kier alpha value is -1.39. The van der Waals surface area contributed by atoms with E-state index < -0.39 is 0 Å². The first-order valence-electron chi connectivity index (χ1n) is 8.53. The van der Waals surface area contributed by atoms with Crippen LogP contribution in [0.1, 0.15) is 32.3 Å². The van der Waals surface area contributed by atoms with E-state index in [1.54, 1.807) is 0 Å². The van der Waals surface area contributed by atoms with Crippen molar-refractivity contribution in [1.29, 1.82) is 0 Å². The number of benzene rings is 1. The van der Waals surface area contributed by atoms with Crippen molar-refractivity contribution in [3.05, 3.63) is 29.8 Å². The summed E-state index contributed by atoms with van der Waals surface area (Å²) < 4.78 is 0. The summed E-state index contributed by atoms with van der Waals surface area (Å²) in [6, 6.07) is 8.10. The van der Waals surface area contributed by atoms with E-state index >= 15 is 0 Å². The van der Waals surface area contributed by atoms with Gasteiger partial charge >= 0.3 is 0 Å². The highest BCUT2D eigenvalue weighted by Gasteiger charge is 2.20. The van der Waals surface area contributed by atoms with Gasteiger partial charge in [0, 0.05) is 5.69 Å². The Bertz CT molecular complexity index is 467. The Morgan fingerprint density at radius 3 is 2.73 bits per heavy atom. The lowest BCUT2D eigenvalue weighted by Gasteiger charge is -2.31. The normalized spacial score (nSPS) is 16.6. The molecule has 2 rings (SSSR count). The molecule has 0 unspecified atom stereocenters. The molecule has 0 radical (unpaired) electrons. The van der Waals surface area contributed by atoms with Crippen molar-refractivity contribution in [2.75, 3.05) is 38.0 Å². The molecule has 22 heavy (non-hydrogen) atoms. The minimum atomic E-state index is 0.0957. The van der Waals surface area contributed by atoms with Gasteiger partial charge < -0.3 is 10.6 Å². The van der Waals surface area contributed by atoms with Gasteiger partial charge in [-0.3, -0.25) is 9.69 Å². The number of likely N-dealkylation sites (tertiary alicyclic amines) is 1. The second-order valence-electron chi connectivity index (χ2n) is 6.13. The number of carbonyl (C=O) groups is 1. The summed E-state index contributed by atoms with van der Waals surface area (Å²) >= 11 is 0. The van der Waals surface area contributed by atoms with Gasteiger partial charge in [-0.15, -0.1) is 0 Å². The lowest BCUT2D eigenvalue weighted by atomic mass is 9.97. The zero-order chi connectivity index (χ0) is 15.8. The fraction of sp³-hybridized carbons (Fsp3) is 0.611. The van der Waals surface area contributed by atoms with Crippen molar-refractivity contribution in [3.63, 3.8) is 0 Å². The molecule has 1 saturated heterocycles. The molecule has 122 valence electrons. The molecule has 4 nitrogen and oxygen atoms in total. The van der Waals surface area contributed by atoms with E-state index in [2.05, 4.69) is 41.5 Å². The largest absolute Gasteiger partial charge is 0.325 e. The van der Waals surface area contributed by atoms with Gasteiger partial charge in [0.2, 0.25) is 5.91 Å². The van der Waals surface area contributed by atoms with Gasteiger partial charge in [0.15, 0.2) is 0 Å². The van der Waals surface area contributed by atoms with Crippen LogP contribution in [-0.4, -0.2) is 43.5 Å². The topological polar surface area (TPSA) is 44.4 Å². The van der Waals surface area contributed by atoms with Crippen molar-refractivity contribution in [2.45, 2.75) is 33.1 Å². The summed E-state index contributed by atoms with van der Waals surface area (Å²) in [5.41, 5.74) is 2.16. The monoisotopic (exact) mass is 303 g/mol. The van der Waals surface area contributed by atoms with Crippen LogP contribution in [0.5, 0.6) is 0 Å². The minimum Gasteiger partial charge on any atom is -0.325 e. The molecule has 1 heterocycles. The highest BCUT2D eigenvalue weighted by Crippen LogP contribution is 2.16. The smallest absolute Gasteiger partial charge is 0.238 e. The Kier molecular flexibility index (Phi) is 6.87. The fourth-order valence-corrected chi connectivity index (χ4v) is 2.97. The van der Waals surface area contributed by atoms with E-state index in [-0.39, 0.29) is 5.91 Å². The van der Waals surface area contributed by atoms with Gasteiger partial charge in [-0.25, -0.2) is 0 Å². The van der Waals surface area contributed by atoms with E-state index in [4.69, 9.17) is 0 Å². The molecule has 1 aliphatic rings. The van der Waals surface area contributed by atoms with Crippen molar-refractivity contribution >= 4 is 11.6 Å². The van der Waals surface area contributed by atoms with Crippen LogP contribution in [-0.2, 0) is 11.2 Å². The summed E-state index contributed by atoms with van der Waals surface area (Å²) in [4.78, 5) is 14.4. The number of nitrogens with one attached hydrogen (secondary N) is 2. The first-order valence-corrected chi connectivity index (χ1v) is 8.53. The van der Waals surface area contributed by atoms with Crippen LogP contribution in [0, 0.1) is 5.92 Å². The minimum absolute atomic E-state index is 0.0957. The van der Waals surface area contributed by atoms with Gasteiger partial charge in [0.25, 0.3) is 0 Å². The average molecular weight is 303 g/mol. The maximum atomic E-state index is 12.2. The Balaban J connectivity index is 1.73. The molecule has 0 saturated carbocycles. The molecular weight excluding hydrogens is 274 g/mol. The second kappa shape index (κ2) is 8.91. The number of anilines is 1. The van der Waals surface area contributed by atoms with E-state index in [1.165, 1.54) is 18.4 Å². The van der Waals surface area contributed by atoms with E-state index in [0.717, 1.165) is 44.2 Å². The van der Waals surface area contributed by atoms with E-state index in [0.29, 0.717) is 6.54 Å². The van der Waals surface area contributed by atoms with Crippen LogP contribution in [0.15, 0.2) is 24.3 Å². The van der Waals surface area contributed by atoms with Crippen LogP contribution in [0.4, 0.5) is 5.69 Å². The van der Waals surface area contributed by atoms with Gasteiger partial charge in [-0.1, -0.05) is 26.0 Å². The highest BCUT2D eigenvalue weighted by atomic mass is 16.2. The number of rotatable bonds is 7. The van der Waals surface area contributed by atoms with Crippen LogP contribution >= 0.6 is 0 Å². The quantitative estimate of drug-likeness (QED) is 0.813. The zero-order valence-corrected chi connectivity index (χ0v) is 13.9. The predicted octanol–water partition coefficient (Wildman–Crippen LogP) is 2.51. The maximum Gasteiger partial charge on any atom is 0.238 e. The number of piperidine rings is 1. The molecule has 4 heteroatoms. The van der Waals surface area contributed by atoms with Crippen LogP contribution in [0.2, 0.25) is 0 Å². The summed E-state index contributed by atoms with van der Waals surface area (Å²) in [5.74, 6) is 0.860. The highest BCUT2D eigenvalue weighted by molar-refractivity contribution is 5.92. The lowest BCUT2D eigenvalue weighted by molar-refractivity contribution is -0.117. The van der Waals surface area contributed by atoms with E-state index in [1.807, 2.05) is 12.1 Å². The maximum absolute atomic E-state index is 12.2. The van der Waals surface area contributed by atoms with Crippen LogP contribution < -0.4 is 10.6 Å². The van der Waals surface area contributed by atoms with Gasteiger partial charge in [0.1, 0.15) is 0 Å². The number of hydrogen-bond donors (Lipinski definition) is 2. The first-order chi connectivity index (χ1) is 10.7. The summed E-state index contributed by atoms with van der Waals surface area (Å²) in [5, 5.41) is 6.44. The first kappa shape index (κ1) is 17.0. The zero-order valence-electron chi connectivity index (χ0n) is 13.9. The summed E-state index contributed by atoms with van der Waals surface area (Å²) in [6.45, 7) is 8.98. The third-order valence-electron chi connectivity index (χ3n) is 4.38. The molecule has 0 spiro atoms. The molecule has 1 aromatic rings. The van der Waals surface area contributed by atoms with Crippen molar-refractivity contribution in [1.82, 2.24) is 10.2 Å². The number of amides is 1. The number of carbonyl (C=O) groups excluding carboxylic acids is 1. The third kappa shape index (κ3) is 5.43. The van der Waals surface area contributed by atoms with Gasteiger partial charge in [-0.2, -0.15) is 0 Å². The fourth-order valence-electron chi connectivity index (χ4n) is 2.97. The van der Waals surface area contributed by atoms with Gasteiger partial charge in [-0.05, 0) is 69.1 Å². The molecule has 1 amide bonds. The summed E-state index contributed by atoms with van der Waals surface area (Å²) in [6.07, 6.45) is 3.36. The number of hydrogen-bond acceptors (Lipinski definition) is 3. The third-order valence-corrected chi connectivity index (χ3v) is 4.38. The SMILES string of the molecule is CCNCC1CCN(CC(=O)Nc2cccc(CC)c2)CC1. The van der Waals surface area contributed by atoms with Crippen molar-refractivity contribution < 1.29 is 4.79 Å². The van der Waals surface area contributed by atoms with Crippen LogP contribution in [0.3, 0.4) is 0 Å². The Labute approximate surface area is 134 Å². The molecule has 0 aliphatic carbocycles. The molecule has 2 N–H and O–H groups in total. The molecule has 0 aromatic heterocycles. The molecule has 0 bridgehead atoms. The second-order valence-corrected chi connectivity index (χ2v) is 6.13. The van der Waals surface area contributed by atoms with Gasteiger partial charge in [0.05, 0.1) is 6.54 Å². The molecule has 1 aromatic carbocycles. The molecule has 0 atom stereocenters. The Morgan fingerprint density at radius 1 is 1.27 bits per heavy atom. The number of nitrogens with zero attached hydrogens (tertiary/aromatic N) is 1. The van der Waals surface area contributed by atoms with Crippen molar-refractivity contribution in [2.24, 2.45) is 5.92 Å². The van der Waals surface area contributed by atoms with Crippen LogP contribution in [0.25, 0.3) is 0 Å². The number of aryl methyl sites for hydroxylation is 1. The summed E-state index contributed by atoms with van der Waals surface area (Å²) in [7, 11) is 0. The van der Waals surface area contributed by atoms with Crippen molar-refractivity contribution in [3.8, 4) is 0 Å². The molecular formula is C18H29N3O. The molecule has 1 aliphatic heterocycles. The Morgan fingerprint density at radius 2 is 2.05 bits per heavy atom. The predicted molar refractivity (Wildman–Crippen MR) is 92.2 cm³/mol. The van der Waals surface area contributed by atoms with E-state index in [9.17, 15) is 4.79 Å².